The summed E-state index contributed by atoms with van der Waals surface area (Å²) in [5.41, 5.74) is 4.93. The highest BCUT2D eigenvalue weighted by atomic mass is 16.2. The number of nitrogens with one attached hydrogen (secondary N) is 1. The number of amides is 1. The van der Waals surface area contributed by atoms with Gasteiger partial charge < -0.3 is 4.90 Å². The first-order chi connectivity index (χ1) is 12.5. The lowest BCUT2D eigenvalue weighted by molar-refractivity contribution is -0.131. The van der Waals surface area contributed by atoms with Crippen LogP contribution in [0, 0.1) is 0 Å². The minimum atomic E-state index is -0.328. The fourth-order valence-corrected chi connectivity index (χ4v) is 4.60. The number of likely N-dealkylation sites (tertiary alicyclic amines) is 1. The number of rotatable bonds is 3. The molecule has 0 radical (unpaired) electrons. The zero-order valence-corrected chi connectivity index (χ0v) is 16.0. The van der Waals surface area contributed by atoms with Gasteiger partial charge in [0.1, 0.15) is 5.54 Å². The predicted molar refractivity (Wildman–Crippen MR) is 106 cm³/mol. The minimum absolute atomic E-state index is 0.261. The van der Waals surface area contributed by atoms with Gasteiger partial charge in [-0.2, -0.15) is 0 Å². The fraction of sp³-hybridized carbons (Fsp3) is 0.435. The zero-order chi connectivity index (χ0) is 18.3. The smallest absolute Gasteiger partial charge is 0.242 e. The fourth-order valence-electron chi connectivity index (χ4n) is 4.60. The summed E-state index contributed by atoms with van der Waals surface area (Å²) in [4.78, 5) is 14.4. The molecule has 2 fully saturated rings. The highest BCUT2D eigenvalue weighted by Crippen LogP contribution is 2.40. The molecule has 0 saturated carbocycles. The van der Waals surface area contributed by atoms with E-state index in [9.17, 15) is 4.79 Å². The second-order valence-corrected chi connectivity index (χ2v) is 8.16. The van der Waals surface area contributed by atoms with Gasteiger partial charge in [-0.25, -0.2) is 0 Å². The molecule has 3 heteroatoms. The van der Waals surface area contributed by atoms with E-state index in [1.54, 1.807) is 0 Å². The number of likely N-dealkylation sites (N-methyl/N-ethyl adjacent to an activating group) is 1. The Hall–Kier alpha value is -2.13. The third-order valence-corrected chi connectivity index (χ3v) is 6.12. The molecule has 4 rings (SSSR count). The van der Waals surface area contributed by atoms with E-state index in [1.807, 2.05) is 11.9 Å². The summed E-state index contributed by atoms with van der Waals surface area (Å²) in [7, 11) is 1.91. The molecule has 2 aliphatic rings. The maximum Gasteiger partial charge on any atom is 0.242 e. The van der Waals surface area contributed by atoms with Gasteiger partial charge in [-0.05, 0) is 53.5 Å². The van der Waals surface area contributed by atoms with E-state index in [2.05, 4.69) is 67.7 Å². The van der Waals surface area contributed by atoms with Crippen LogP contribution in [0.3, 0.4) is 0 Å². The van der Waals surface area contributed by atoms with E-state index in [0.29, 0.717) is 5.92 Å². The number of hydrogen-bond acceptors (Lipinski definition) is 2. The molecule has 2 atom stereocenters. The first-order valence-corrected chi connectivity index (χ1v) is 9.73. The molecule has 0 aliphatic carbocycles. The number of carbonyl (C=O) groups is 1. The van der Waals surface area contributed by atoms with Crippen LogP contribution in [0.4, 0.5) is 0 Å². The van der Waals surface area contributed by atoms with Crippen molar-refractivity contribution >= 4 is 5.91 Å². The minimum Gasteiger partial charge on any atom is -0.344 e. The molecule has 2 aromatic carbocycles. The van der Waals surface area contributed by atoms with Crippen LogP contribution in [0.1, 0.15) is 56.2 Å². The molecule has 0 bridgehead atoms. The summed E-state index contributed by atoms with van der Waals surface area (Å²) >= 11 is 0. The molecule has 1 N–H and O–H groups in total. The molecule has 1 amide bonds. The maximum atomic E-state index is 12.6. The summed E-state index contributed by atoms with van der Waals surface area (Å²) in [6.45, 7) is 5.35. The van der Waals surface area contributed by atoms with Crippen molar-refractivity contribution in [2.45, 2.75) is 50.6 Å². The molecular weight excluding hydrogens is 320 g/mol. The Kier molecular flexibility index (Phi) is 4.36. The third kappa shape index (κ3) is 2.84. The first-order valence-electron chi connectivity index (χ1n) is 9.73. The molecule has 136 valence electrons. The van der Waals surface area contributed by atoms with Crippen LogP contribution in [-0.4, -0.2) is 29.9 Å². The molecule has 0 aromatic heterocycles. The number of hydrogen-bond donors (Lipinski definition) is 1. The highest BCUT2D eigenvalue weighted by molar-refractivity contribution is 5.88. The van der Waals surface area contributed by atoms with Crippen LogP contribution < -0.4 is 5.32 Å². The average Bonchev–Trinajstić information content (AvgIpc) is 3.22. The molecule has 3 nitrogen and oxygen atoms in total. The molecular formula is C23H28N2O. The van der Waals surface area contributed by atoms with Crippen molar-refractivity contribution < 1.29 is 4.79 Å². The van der Waals surface area contributed by atoms with E-state index in [0.717, 1.165) is 25.8 Å². The van der Waals surface area contributed by atoms with Crippen molar-refractivity contribution in [3.63, 3.8) is 0 Å². The van der Waals surface area contributed by atoms with Gasteiger partial charge in [0.2, 0.25) is 5.91 Å². The van der Waals surface area contributed by atoms with Crippen LogP contribution in [0.15, 0.2) is 48.5 Å². The maximum absolute atomic E-state index is 12.6. The van der Waals surface area contributed by atoms with Crippen molar-refractivity contribution in [3.8, 4) is 11.1 Å². The Morgan fingerprint density at radius 3 is 2.65 bits per heavy atom. The highest BCUT2D eigenvalue weighted by Gasteiger charge is 2.49. The van der Waals surface area contributed by atoms with E-state index in [4.69, 9.17) is 0 Å². The van der Waals surface area contributed by atoms with Crippen LogP contribution in [0.25, 0.3) is 11.1 Å². The van der Waals surface area contributed by atoms with Crippen LogP contribution in [-0.2, 0) is 4.79 Å². The van der Waals surface area contributed by atoms with Gasteiger partial charge in [-0.15, -0.1) is 0 Å². The lowest BCUT2D eigenvalue weighted by Crippen LogP contribution is -2.47. The second-order valence-electron chi connectivity index (χ2n) is 8.16. The Balaban J connectivity index is 1.63. The van der Waals surface area contributed by atoms with Crippen LogP contribution in [0.2, 0.25) is 0 Å². The van der Waals surface area contributed by atoms with Gasteiger partial charge in [0.15, 0.2) is 0 Å². The monoisotopic (exact) mass is 348 g/mol. The average molecular weight is 348 g/mol. The topological polar surface area (TPSA) is 32.3 Å². The van der Waals surface area contributed by atoms with Crippen molar-refractivity contribution in [2.24, 2.45) is 0 Å². The van der Waals surface area contributed by atoms with Gasteiger partial charge in [-0.1, -0.05) is 56.3 Å². The molecule has 2 saturated heterocycles. The standard InChI is InChI=1S/C23H28N2O/c1-16(2)19-9-4-5-10-20(19)17-7-6-8-18(15-17)21-11-12-23(24-21)13-14-25(3)22(23)26/h4-10,15-16,21,24H,11-14H2,1-3H3/t21-,23+/m0/s1. The van der Waals surface area contributed by atoms with Crippen molar-refractivity contribution in [2.75, 3.05) is 13.6 Å². The zero-order valence-electron chi connectivity index (χ0n) is 16.0. The van der Waals surface area contributed by atoms with E-state index in [-0.39, 0.29) is 17.5 Å². The molecule has 0 unspecified atom stereocenters. The Morgan fingerprint density at radius 2 is 1.92 bits per heavy atom. The van der Waals surface area contributed by atoms with Crippen molar-refractivity contribution in [1.29, 1.82) is 0 Å². The summed E-state index contributed by atoms with van der Waals surface area (Å²) in [5, 5.41) is 3.69. The first kappa shape index (κ1) is 17.3. The SMILES string of the molecule is CC(C)c1ccccc1-c1cccc([C@@H]2CC[C@]3(CCN(C)C3=O)N2)c1. The second kappa shape index (κ2) is 6.55. The molecule has 2 heterocycles. The van der Waals surface area contributed by atoms with Gasteiger partial charge in [0.05, 0.1) is 0 Å². The number of carbonyl (C=O) groups excluding carboxylic acids is 1. The largest absolute Gasteiger partial charge is 0.344 e. The van der Waals surface area contributed by atoms with Gasteiger partial charge in [0, 0.05) is 19.6 Å². The summed E-state index contributed by atoms with van der Waals surface area (Å²) in [6.07, 6.45) is 2.89. The van der Waals surface area contributed by atoms with Gasteiger partial charge >= 0.3 is 0 Å². The van der Waals surface area contributed by atoms with Crippen molar-refractivity contribution in [1.82, 2.24) is 10.2 Å². The summed E-state index contributed by atoms with van der Waals surface area (Å²) in [5.74, 6) is 0.760. The molecule has 2 aliphatic heterocycles. The predicted octanol–water partition coefficient (Wildman–Crippen LogP) is 4.50. The molecule has 1 spiro atoms. The third-order valence-electron chi connectivity index (χ3n) is 6.12. The number of nitrogens with zero attached hydrogens (tertiary/aromatic N) is 1. The van der Waals surface area contributed by atoms with Gasteiger partial charge in [0.25, 0.3) is 0 Å². The summed E-state index contributed by atoms with van der Waals surface area (Å²) < 4.78 is 0. The quantitative estimate of drug-likeness (QED) is 0.885. The molecule has 2 aromatic rings. The molecule has 26 heavy (non-hydrogen) atoms. The Morgan fingerprint density at radius 1 is 1.12 bits per heavy atom. The summed E-state index contributed by atoms with van der Waals surface area (Å²) in [6, 6.07) is 17.8. The van der Waals surface area contributed by atoms with E-state index in [1.165, 1.54) is 22.3 Å². The van der Waals surface area contributed by atoms with Crippen molar-refractivity contribution in [3.05, 3.63) is 59.7 Å². The van der Waals surface area contributed by atoms with Crippen LogP contribution >= 0.6 is 0 Å². The number of benzene rings is 2. The normalized spacial score (nSPS) is 25.6. The Bertz CT molecular complexity index is 828. The van der Waals surface area contributed by atoms with Gasteiger partial charge in [-0.3, -0.25) is 10.1 Å². The Labute approximate surface area is 156 Å². The van der Waals surface area contributed by atoms with E-state index >= 15 is 0 Å². The van der Waals surface area contributed by atoms with Crippen LogP contribution in [0.5, 0.6) is 0 Å². The lowest BCUT2D eigenvalue weighted by Gasteiger charge is -2.23. The van der Waals surface area contributed by atoms with E-state index < -0.39 is 0 Å². The lowest BCUT2D eigenvalue weighted by atomic mass is 9.91.